The van der Waals surface area contributed by atoms with Gasteiger partial charge in [-0.2, -0.15) is 0 Å². The van der Waals surface area contributed by atoms with Gasteiger partial charge in [0.05, 0.1) is 43.7 Å². The molecule has 8 heteroatoms. The minimum Gasteiger partial charge on any atom is -0.278 e. The summed E-state index contributed by atoms with van der Waals surface area (Å²) in [7, 11) is 0. The number of thiophene rings is 2. The highest BCUT2D eigenvalue weighted by molar-refractivity contribution is 7.26. The van der Waals surface area contributed by atoms with Gasteiger partial charge in [-0.3, -0.25) is 9.13 Å². The van der Waals surface area contributed by atoms with Crippen LogP contribution in [0.4, 0.5) is 0 Å². The van der Waals surface area contributed by atoms with Crippen molar-refractivity contribution in [3.8, 4) is 67.8 Å². The third kappa shape index (κ3) is 8.29. The van der Waals surface area contributed by atoms with Gasteiger partial charge in [-0.15, -0.1) is 22.7 Å². The van der Waals surface area contributed by atoms with Crippen molar-refractivity contribution < 1.29 is 0 Å². The van der Waals surface area contributed by atoms with Crippen molar-refractivity contribution in [2.75, 3.05) is 0 Å². The minimum absolute atomic E-state index is 0.642. The number of fused-ring (bicyclic) bond motifs is 22. The molecule has 16 aromatic carbocycles. The van der Waals surface area contributed by atoms with Crippen molar-refractivity contribution in [3.63, 3.8) is 0 Å². The molecule has 0 bridgehead atoms. The van der Waals surface area contributed by atoms with Crippen molar-refractivity contribution >= 4 is 172 Å². The summed E-state index contributed by atoms with van der Waals surface area (Å²) in [4.78, 5) is 23.8. The molecule has 22 aromatic rings. The van der Waals surface area contributed by atoms with Crippen molar-refractivity contribution in [1.82, 2.24) is 29.1 Å². The van der Waals surface area contributed by atoms with E-state index in [0.717, 1.165) is 119 Å². The molecule has 0 radical (unpaired) electrons. The molecular formula is C92H52N6S2. The maximum atomic E-state index is 5.81. The molecule has 6 nitrogen and oxygen atoms in total. The van der Waals surface area contributed by atoms with Crippen LogP contribution in [0.5, 0.6) is 0 Å². The third-order valence-electron chi connectivity index (χ3n) is 20.9. The van der Waals surface area contributed by atoms with E-state index in [1.807, 2.05) is 0 Å². The van der Waals surface area contributed by atoms with Crippen LogP contribution in [0.3, 0.4) is 0 Å². The highest BCUT2D eigenvalue weighted by Crippen LogP contribution is 2.48. The molecule has 0 aliphatic heterocycles. The largest absolute Gasteiger partial charge is 0.278 e. The lowest BCUT2D eigenvalue weighted by Gasteiger charge is -2.13. The molecule has 0 N–H and O–H groups in total. The normalized spacial score (nSPS) is 12.2. The Bertz CT molecular complexity index is 7110. The zero-order valence-electron chi connectivity index (χ0n) is 53.5. The lowest BCUT2D eigenvalue weighted by atomic mass is 9.93. The second-order valence-corrected chi connectivity index (χ2v) is 28.5. The van der Waals surface area contributed by atoms with E-state index in [1.165, 1.54) is 85.7 Å². The summed E-state index contributed by atoms with van der Waals surface area (Å²) in [5.41, 5.74) is 16.0. The van der Waals surface area contributed by atoms with Crippen LogP contribution in [0.1, 0.15) is 0 Å². The number of rotatable bonds is 7. The molecule has 0 aliphatic carbocycles. The first-order valence-electron chi connectivity index (χ1n) is 33.9. The Morgan fingerprint density at radius 2 is 0.670 bits per heavy atom. The molecule has 462 valence electrons. The minimum atomic E-state index is 0.642. The van der Waals surface area contributed by atoms with Crippen LogP contribution in [0.15, 0.2) is 315 Å². The van der Waals surface area contributed by atoms with Crippen LogP contribution in [0.25, 0.3) is 217 Å². The highest BCUT2D eigenvalue weighted by atomic mass is 32.1. The first-order valence-corrected chi connectivity index (χ1v) is 35.5. The first kappa shape index (κ1) is 55.4. The van der Waals surface area contributed by atoms with Gasteiger partial charge in [-0.25, -0.2) is 19.9 Å². The van der Waals surface area contributed by atoms with Gasteiger partial charge in [-0.1, -0.05) is 249 Å². The maximum Gasteiger partial charge on any atom is 0.236 e. The van der Waals surface area contributed by atoms with Gasteiger partial charge < -0.3 is 0 Å². The van der Waals surface area contributed by atoms with Gasteiger partial charge >= 0.3 is 0 Å². The topological polar surface area (TPSA) is 61.4 Å². The van der Waals surface area contributed by atoms with Gasteiger partial charge in [0.15, 0.2) is 0 Å². The number of nitrogens with zero attached hydrogens (tertiary/aromatic N) is 6. The Hall–Kier alpha value is -12.7. The predicted octanol–water partition coefficient (Wildman–Crippen LogP) is 25.5. The fraction of sp³-hybridized carbons (Fsp3) is 0. The van der Waals surface area contributed by atoms with Gasteiger partial charge in [0, 0.05) is 58.2 Å². The second kappa shape index (κ2) is 21.4. The molecule has 0 amide bonds. The molecule has 100 heavy (non-hydrogen) atoms. The van der Waals surface area contributed by atoms with Crippen LogP contribution < -0.4 is 0 Å². The summed E-state index contributed by atoms with van der Waals surface area (Å²) in [6.45, 7) is 0. The summed E-state index contributed by atoms with van der Waals surface area (Å²) >= 11 is 3.50. The Kier molecular flexibility index (Phi) is 11.9. The molecule has 0 saturated carbocycles. The van der Waals surface area contributed by atoms with E-state index >= 15 is 0 Å². The van der Waals surface area contributed by atoms with Crippen LogP contribution >= 0.6 is 22.7 Å². The average Bonchev–Trinajstić information content (AvgIpc) is 1.56. The number of benzene rings is 16. The van der Waals surface area contributed by atoms with Gasteiger partial charge in [0.1, 0.15) is 4.83 Å². The average molecular weight is 1310 g/mol. The van der Waals surface area contributed by atoms with Gasteiger partial charge in [0.25, 0.3) is 0 Å². The number of hydrogen-bond acceptors (Lipinski definition) is 6. The molecule has 22 rings (SSSR count). The van der Waals surface area contributed by atoms with Crippen LogP contribution in [0.2, 0.25) is 0 Å². The van der Waals surface area contributed by atoms with E-state index in [-0.39, 0.29) is 0 Å². The summed E-state index contributed by atoms with van der Waals surface area (Å²) in [6, 6.07) is 115. The van der Waals surface area contributed by atoms with Gasteiger partial charge in [-0.05, 0) is 165 Å². The van der Waals surface area contributed by atoms with Crippen LogP contribution in [-0.4, -0.2) is 29.1 Å². The van der Waals surface area contributed by atoms with Gasteiger partial charge in [0.2, 0.25) is 11.9 Å². The fourth-order valence-electron chi connectivity index (χ4n) is 16.3. The Balaban J connectivity index is 0.706. The summed E-state index contributed by atoms with van der Waals surface area (Å²) < 4.78 is 8.00. The molecule has 0 unspecified atom stereocenters. The smallest absolute Gasteiger partial charge is 0.236 e. The Labute approximate surface area is 579 Å². The Morgan fingerprint density at radius 1 is 0.230 bits per heavy atom. The zero-order chi connectivity index (χ0) is 65.3. The quantitative estimate of drug-likeness (QED) is 0.160. The van der Waals surface area contributed by atoms with Crippen molar-refractivity contribution in [3.05, 3.63) is 315 Å². The fourth-order valence-corrected chi connectivity index (χ4v) is 18.5. The Morgan fingerprint density at radius 3 is 1.30 bits per heavy atom. The lowest BCUT2D eigenvalue weighted by Crippen LogP contribution is -2.02. The molecule has 6 heterocycles. The van der Waals surface area contributed by atoms with Crippen molar-refractivity contribution in [1.29, 1.82) is 0 Å². The highest BCUT2D eigenvalue weighted by Gasteiger charge is 2.26. The first-order chi connectivity index (χ1) is 49.5. The van der Waals surface area contributed by atoms with E-state index in [1.54, 1.807) is 22.7 Å². The van der Waals surface area contributed by atoms with E-state index in [0.29, 0.717) is 11.9 Å². The standard InChI is InChI=1S/C92H52N6S2/c1-2-16-53(17-3-1)61-39-46-79-73(51-61)85-86(93-92(96-90(85)100-79)98-77-44-37-57-21-8-12-29-71(57)83(77)84-72-30-13-9-22-58(72)38-45-78(84)98)65-34-41-68-64(50-65)26-15-31-67(68)63-25-14-24-60(48-63)62-40-47-80-74(52-62)88-89(99-80)87(66-33-32-54-18-4-5-23-59(54)49-66)94-91(95-88)97-75-42-35-55-19-6-10-27-69(55)81(75)82-70-28-11-7-20-56(70)36-43-76(82)97/h1-52H. The third-order valence-corrected chi connectivity index (χ3v) is 23.1. The molecule has 0 fully saturated rings. The zero-order valence-corrected chi connectivity index (χ0v) is 55.2. The molecule has 0 aliphatic rings. The molecule has 0 saturated heterocycles. The maximum absolute atomic E-state index is 5.81. The van der Waals surface area contributed by atoms with Crippen LogP contribution in [0, 0.1) is 0 Å². The monoisotopic (exact) mass is 1300 g/mol. The van der Waals surface area contributed by atoms with Crippen LogP contribution in [-0.2, 0) is 0 Å². The SMILES string of the molecule is c1ccc(-c2ccc3sc4nc(-n5c6ccc7ccccc7c6c6c7ccccc7ccc65)nc(-c5ccc6c(-c7cccc(-c8ccc9sc%10c(-c%11ccc%12ccccc%12c%11)nc(-n%11c%12ccc%13ccccc%13c%12c%12c%13ccccc%13ccc%12%11)nc%10c9c8)c7)cccc6c5)c4c3c2)cc1. The number of aromatic nitrogens is 6. The molecule has 6 aromatic heterocycles. The molecule has 0 spiro atoms. The summed E-state index contributed by atoms with van der Waals surface area (Å²) in [5.74, 6) is 1.29. The van der Waals surface area contributed by atoms with E-state index in [2.05, 4.69) is 325 Å². The van der Waals surface area contributed by atoms with Crippen molar-refractivity contribution in [2.45, 2.75) is 0 Å². The molecular weight excluding hydrogens is 1250 g/mol. The molecule has 0 atom stereocenters. The predicted molar refractivity (Wildman–Crippen MR) is 424 cm³/mol. The van der Waals surface area contributed by atoms with Crippen molar-refractivity contribution in [2.24, 2.45) is 0 Å². The van der Waals surface area contributed by atoms with E-state index in [9.17, 15) is 0 Å². The van der Waals surface area contributed by atoms with E-state index in [4.69, 9.17) is 19.9 Å². The summed E-state index contributed by atoms with van der Waals surface area (Å²) in [5, 5.41) is 22.4. The van der Waals surface area contributed by atoms with E-state index < -0.39 is 0 Å². The summed E-state index contributed by atoms with van der Waals surface area (Å²) in [6.07, 6.45) is 0. The second-order valence-electron chi connectivity index (χ2n) is 26.4. The lowest BCUT2D eigenvalue weighted by molar-refractivity contribution is 1.02. The number of hydrogen-bond donors (Lipinski definition) is 0.